The molecule has 2 atom stereocenters. The minimum atomic E-state index is -0.439. The second-order valence-corrected chi connectivity index (χ2v) is 6.34. The first-order valence-corrected chi connectivity index (χ1v) is 7.71. The molecule has 1 amide bonds. The lowest BCUT2D eigenvalue weighted by Crippen LogP contribution is -2.33. The molecule has 1 N–H and O–H groups in total. The van der Waals surface area contributed by atoms with Gasteiger partial charge in [0.05, 0.1) is 6.42 Å². The Morgan fingerprint density at radius 3 is 2.90 bits per heavy atom. The maximum Gasteiger partial charge on any atom is 0.224 e. The SMILES string of the molecule is O=C(Cc1c(F)cccc1Cl)NCC1CCCC(Cl)C1. The second kappa shape index (κ2) is 7.28. The van der Waals surface area contributed by atoms with E-state index < -0.39 is 5.82 Å². The Kier molecular flexibility index (Phi) is 5.67. The highest BCUT2D eigenvalue weighted by atomic mass is 35.5. The average Bonchev–Trinajstić information content (AvgIpc) is 2.41. The van der Waals surface area contributed by atoms with E-state index in [4.69, 9.17) is 23.2 Å². The van der Waals surface area contributed by atoms with E-state index in [9.17, 15) is 9.18 Å². The van der Waals surface area contributed by atoms with Gasteiger partial charge in [-0.1, -0.05) is 24.1 Å². The predicted octanol–water partition coefficient (Wildman–Crippen LogP) is 3.94. The van der Waals surface area contributed by atoms with Gasteiger partial charge in [0.15, 0.2) is 0 Å². The van der Waals surface area contributed by atoms with Crippen molar-refractivity contribution in [3.8, 4) is 0 Å². The largest absolute Gasteiger partial charge is 0.356 e. The van der Waals surface area contributed by atoms with Crippen LogP contribution in [0.1, 0.15) is 31.2 Å². The van der Waals surface area contributed by atoms with Crippen molar-refractivity contribution in [3.05, 3.63) is 34.6 Å². The Balaban J connectivity index is 1.83. The van der Waals surface area contributed by atoms with Crippen molar-refractivity contribution < 1.29 is 9.18 Å². The summed E-state index contributed by atoms with van der Waals surface area (Å²) in [7, 11) is 0. The lowest BCUT2D eigenvalue weighted by atomic mass is 9.89. The van der Waals surface area contributed by atoms with Crippen LogP contribution in [0.2, 0.25) is 5.02 Å². The van der Waals surface area contributed by atoms with Gasteiger partial charge < -0.3 is 5.32 Å². The molecule has 5 heteroatoms. The minimum Gasteiger partial charge on any atom is -0.356 e. The molecule has 1 aromatic carbocycles. The zero-order valence-electron chi connectivity index (χ0n) is 11.2. The molecule has 0 saturated heterocycles. The summed E-state index contributed by atoms with van der Waals surface area (Å²) < 4.78 is 13.6. The zero-order chi connectivity index (χ0) is 14.5. The average molecular weight is 318 g/mol. The molecule has 0 radical (unpaired) electrons. The van der Waals surface area contributed by atoms with Gasteiger partial charge in [-0.05, 0) is 37.3 Å². The van der Waals surface area contributed by atoms with Gasteiger partial charge in [0, 0.05) is 22.5 Å². The third-order valence-electron chi connectivity index (χ3n) is 3.71. The Morgan fingerprint density at radius 2 is 2.20 bits per heavy atom. The maximum absolute atomic E-state index is 13.6. The molecule has 2 nitrogen and oxygen atoms in total. The number of carbonyl (C=O) groups excluding carboxylic acids is 1. The first-order valence-electron chi connectivity index (χ1n) is 6.90. The molecular formula is C15H18Cl2FNO. The van der Waals surface area contributed by atoms with Crippen LogP contribution in [0.5, 0.6) is 0 Å². The molecule has 1 saturated carbocycles. The standard InChI is InChI=1S/C15H18Cl2FNO/c16-11-4-1-3-10(7-11)9-19-15(20)8-12-13(17)5-2-6-14(12)18/h2,5-6,10-11H,1,3-4,7-9H2,(H,19,20). The van der Waals surface area contributed by atoms with Gasteiger partial charge >= 0.3 is 0 Å². The molecule has 0 heterocycles. The highest BCUT2D eigenvalue weighted by Gasteiger charge is 2.21. The number of alkyl halides is 1. The first kappa shape index (κ1) is 15.6. The molecule has 0 aromatic heterocycles. The fourth-order valence-corrected chi connectivity index (χ4v) is 3.23. The summed E-state index contributed by atoms with van der Waals surface area (Å²) in [4.78, 5) is 11.9. The van der Waals surface area contributed by atoms with Crippen LogP contribution >= 0.6 is 23.2 Å². The van der Waals surface area contributed by atoms with Gasteiger partial charge in [0.2, 0.25) is 5.91 Å². The summed E-state index contributed by atoms with van der Waals surface area (Å²) in [6.07, 6.45) is 4.15. The van der Waals surface area contributed by atoms with Gasteiger partial charge in [-0.15, -0.1) is 11.6 Å². The predicted molar refractivity (Wildman–Crippen MR) is 79.7 cm³/mol. The Labute approximate surface area is 128 Å². The monoisotopic (exact) mass is 317 g/mol. The number of rotatable bonds is 4. The van der Waals surface area contributed by atoms with E-state index in [2.05, 4.69) is 5.32 Å². The number of hydrogen-bond donors (Lipinski definition) is 1. The van der Waals surface area contributed by atoms with Gasteiger partial charge in [-0.3, -0.25) is 4.79 Å². The fraction of sp³-hybridized carbons (Fsp3) is 0.533. The van der Waals surface area contributed by atoms with Crippen LogP contribution in [0, 0.1) is 11.7 Å². The van der Waals surface area contributed by atoms with Crippen LogP contribution < -0.4 is 5.32 Å². The first-order chi connectivity index (χ1) is 9.56. The molecule has 110 valence electrons. The van der Waals surface area contributed by atoms with Crippen LogP contribution in [0.4, 0.5) is 4.39 Å². The molecule has 1 aliphatic carbocycles. The van der Waals surface area contributed by atoms with E-state index in [-0.39, 0.29) is 23.3 Å². The smallest absolute Gasteiger partial charge is 0.224 e. The van der Waals surface area contributed by atoms with Crippen molar-refractivity contribution in [2.45, 2.75) is 37.5 Å². The van der Waals surface area contributed by atoms with E-state index in [0.717, 1.165) is 25.7 Å². The summed E-state index contributed by atoms with van der Waals surface area (Å²) >= 11 is 12.0. The van der Waals surface area contributed by atoms with Gasteiger partial charge in [0.25, 0.3) is 0 Å². The Bertz CT molecular complexity index is 461. The zero-order valence-corrected chi connectivity index (χ0v) is 12.7. The fourth-order valence-electron chi connectivity index (χ4n) is 2.59. The summed E-state index contributed by atoms with van der Waals surface area (Å²) in [5.41, 5.74) is 0.255. The van der Waals surface area contributed by atoms with Crippen LogP contribution in [0.3, 0.4) is 0 Å². The second-order valence-electron chi connectivity index (χ2n) is 5.31. The maximum atomic E-state index is 13.6. The van der Waals surface area contributed by atoms with Crippen LogP contribution in [-0.4, -0.2) is 17.8 Å². The summed E-state index contributed by atoms with van der Waals surface area (Å²) in [6, 6.07) is 4.43. The number of nitrogens with one attached hydrogen (secondary N) is 1. The van der Waals surface area contributed by atoms with Gasteiger partial charge in [0.1, 0.15) is 5.82 Å². The molecule has 2 rings (SSSR count). The molecule has 2 unspecified atom stereocenters. The van der Waals surface area contributed by atoms with Crippen molar-refractivity contribution in [1.29, 1.82) is 0 Å². The van der Waals surface area contributed by atoms with E-state index in [1.54, 1.807) is 6.07 Å². The molecule has 20 heavy (non-hydrogen) atoms. The molecule has 0 bridgehead atoms. The van der Waals surface area contributed by atoms with Crippen molar-refractivity contribution in [3.63, 3.8) is 0 Å². The lowest BCUT2D eigenvalue weighted by molar-refractivity contribution is -0.120. The van der Waals surface area contributed by atoms with E-state index in [1.807, 2.05) is 0 Å². The van der Waals surface area contributed by atoms with E-state index in [1.165, 1.54) is 12.1 Å². The third-order valence-corrected chi connectivity index (χ3v) is 4.46. The van der Waals surface area contributed by atoms with E-state index >= 15 is 0 Å². The molecule has 1 fully saturated rings. The van der Waals surface area contributed by atoms with Crippen molar-refractivity contribution in [2.75, 3.05) is 6.54 Å². The van der Waals surface area contributed by atoms with Crippen LogP contribution in [0.15, 0.2) is 18.2 Å². The molecule has 0 aliphatic heterocycles. The minimum absolute atomic E-state index is 0.0253. The lowest BCUT2D eigenvalue weighted by Gasteiger charge is -2.25. The van der Waals surface area contributed by atoms with Gasteiger partial charge in [-0.25, -0.2) is 4.39 Å². The summed E-state index contributed by atoms with van der Waals surface area (Å²) in [5.74, 6) is -0.217. The van der Waals surface area contributed by atoms with Gasteiger partial charge in [-0.2, -0.15) is 0 Å². The normalized spacial score (nSPS) is 22.6. The summed E-state index contributed by atoms with van der Waals surface area (Å²) in [6.45, 7) is 0.605. The van der Waals surface area contributed by atoms with Crippen molar-refractivity contribution >= 4 is 29.1 Å². The number of carbonyl (C=O) groups is 1. The molecule has 1 aliphatic rings. The number of benzene rings is 1. The van der Waals surface area contributed by atoms with E-state index in [0.29, 0.717) is 17.5 Å². The Hall–Kier alpha value is -0.800. The quantitative estimate of drug-likeness (QED) is 0.837. The topological polar surface area (TPSA) is 29.1 Å². The highest BCUT2D eigenvalue weighted by Crippen LogP contribution is 2.27. The Morgan fingerprint density at radius 1 is 1.40 bits per heavy atom. The number of halogens is 3. The third kappa shape index (κ3) is 4.35. The molecular weight excluding hydrogens is 300 g/mol. The summed E-state index contributed by atoms with van der Waals surface area (Å²) in [5, 5.41) is 3.36. The number of amides is 1. The van der Waals surface area contributed by atoms with Crippen LogP contribution in [0.25, 0.3) is 0 Å². The highest BCUT2D eigenvalue weighted by molar-refractivity contribution is 6.31. The number of hydrogen-bond acceptors (Lipinski definition) is 1. The van der Waals surface area contributed by atoms with Crippen molar-refractivity contribution in [1.82, 2.24) is 5.32 Å². The molecule has 1 aromatic rings. The molecule has 0 spiro atoms. The van der Waals surface area contributed by atoms with Crippen molar-refractivity contribution in [2.24, 2.45) is 5.92 Å². The van der Waals surface area contributed by atoms with Crippen LogP contribution in [-0.2, 0) is 11.2 Å².